The Morgan fingerprint density at radius 1 is 1.38 bits per heavy atom. The molecule has 0 spiro atoms. The summed E-state index contributed by atoms with van der Waals surface area (Å²) in [4.78, 5) is 4.06. The minimum Gasteiger partial charge on any atom is -0.311 e. The fourth-order valence-corrected chi connectivity index (χ4v) is 3.79. The number of rotatable bonds is 4. The summed E-state index contributed by atoms with van der Waals surface area (Å²) in [6.45, 7) is 7.21. The lowest BCUT2D eigenvalue weighted by Gasteiger charge is -2.41. The van der Waals surface area contributed by atoms with Crippen LogP contribution in [-0.2, 0) is 0 Å². The molecule has 1 unspecified atom stereocenters. The van der Waals surface area contributed by atoms with Gasteiger partial charge in [0.15, 0.2) is 0 Å². The Morgan fingerprint density at radius 2 is 2.06 bits per heavy atom. The SMILES string of the molecule is CNC(c1cccs1)C(C)(C)N1CCCC1. The van der Waals surface area contributed by atoms with Gasteiger partial charge in [0.25, 0.3) is 0 Å². The highest BCUT2D eigenvalue weighted by Crippen LogP contribution is 2.35. The van der Waals surface area contributed by atoms with Gasteiger partial charge in [-0.15, -0.1) is 11.3 Å². The third-order valence-corrected chi connectivity index (χ3v) is 4.68. The molecule has 1 atom stereocenters. The second-order valence-corrected chi connectivity index (χ2v) is 6.06. The van der Waals surface area contributed by atoms with Gasteiger partial charge in [-0.1, -0.05) is 6.07 Å². The largest absolute Gasteiger partial charge is 0.311 e. The van der Waals surface area contributed by atoms with Crippen molar-refractivity contribution in [1.29, 1.82) is 0 Å². The van der Waals surface area contributed by atoms with Crippen LogP contribution >= 0.6 is 11.3 Å². The first-order valence-corrected chi connectivity index (χ1v) is 7.00. The van der Waals surface area contributed by atoms with Crippen LogP contribution < -0.4 is 5.32 Å². The lowest BCUT2D eigenvalue weighted by atomic mass is 9.91. The van der Waals surface area contributed by atoms with Crippen molar-refractivity contribution >= 4 is 11.3 Å². The summed E-state index contributed by atoms with van der Waals surface area (Å²) >= 11 is 1.85. The second-order valence-electron chi connectivity index (χ2n) is 5.08. The fourth-order valence-electron chi connectivity index (χ4n) is 2.78. The summed E-state index contributed by atoms with van der Waals surface area (Å²) in [5.74, 6) is 0. The molecule has 1 aromatic rings. The average molecular weight is 238 g/mol. The van der Waals surface area contributed by atoms with Crippen LogP contribution in [0.3, 0.4) is 0 Å². The Balaban J connectivity index is 2.19. The van der Waals surface area contributed by atoms with Crippen LogP contribution in [-0.4, -0.2) is 30.6 Å². The van der Waals surface area contributed by atoms with Crippen molar-refractivity contribution in [2.24, 2.45) is 0 Å². The maximum atomic E-state index is 3.49. The first-order valence-electron chi connectivity index (χ1n) is 6.12. The van der Waals surface area contributed by atoms with Gasteiger partial charge in [0, 0.05) is 10.4 Å². The van der Waals surface area contributed by atoms with E-state index in [9.17, 15) is 0 Å². The molecule has 0 saturated carbocycles. The molecule has 1 N–H and O–H groups in total. The second kappa shape index (κ2) is 4.86. The van der Waals surface area contributed by atoms with Gasteiger partial charge in [-0.25, -0.2) is 0 Å². The highest BCUT2D eigenvalue weighted by Gasteiger charge is 2.37. The Labute approximate surface area is 103 Å². The van der Waals surface area contributed by atoms with Crippen LogP contribution in [0.15, 0.2) is 17.5 Å². The van der Waals surface area contributed by atoms with E-state index in [2.05, 4.69) is 48.6 Å². The molecule has 0 aliphatic carbocycles. The molecule has 0 bridgehead atoms. The number of thiophene rings is 1. The Bertz CT molecular complexity index is 313. The highest BCUT2D eigenvalue weighted by molar-refractivity contribution is 7.10. The molecule has 1 saturated heterocycles. The predicted molar refractivity (Wildman–Crippen MR) is 71.0 cm³/mol. The Morgan fingerprint density at radius 3 is 2.56 bits per heavy atom. The van der Waals surface area contributed by atoms with Crippen LogP contribution in [0.25, 0.3) is 0 Å². The first kappa shape index (κ1) is 12.1. The summed E-state index contributed by atoms with van der Waals surface area (Å²) in [5.41, 5.74) is 0.204. The molecule has 1 fully saturated rings. The van der Waals surface area contributed by atoms with E-state index in [0.29, 0.717) is 6.04 Å². The zero-order valence-corrected chi connectivity index (χ0v) is 11.3. The van der Waals surface area contributed by atoms with Gasteiger partial charge in [-0.3, -0.25) is 4.90 Å². The highest BCUT2D eigenvalue weighted by atomic mass is 32.1. The number of hydrogen-bond donors (Lipinski definition) is 1. The van der Waals surface area contributed by atoms with Gasteiger partial charge in [0.05, 0.1) is 6.04 Å². The van der Waals surface area contributed by atoms with E-state index in [1.807, 2.05) is 11.3 Å². The predicted octanol–water partition coefficient (Wildman–Crippen LogP) is 2.88. The van der Waals surface area contributed by atoms with Crippen molar-refractivity contribution in [2.75, 3.05) is 20.1 Å². The molecule has 0 aromatic carbocycles. The van der Waals surface area contributed by atoms with Gasteiger partial charge >= 0.3 is 0 Å². The molecular formula is C13H22N2S. The van der Waals surface area contributed by atoms with E-state index >= 15 is 0 Å². The van der Waals surface area contributed by atoms with Gasteiger partial charge in [0.1, 0.15) is 0 Å². The van der Waals surface area contributed by atoms with Crippen LogP contribution in [0.5, 0.6) is 0 Å². The van der Waals surface area contributed by atoms with E-state index < -0.39 is 0 Å². The maximum absolute atomic E-state index is 3.49. The molecular weight excluding hydrogens is 216 g/mol. The third kappa shape index (κ3) is 2.17. The van der Waals surface area contributed by atoms with Crippen LogP contribution in [0, 0.1) is 0 Å². The van der Waals surface area contributed by atoms with Crippen molar-refractivity contribution in [3.05, 3.63) is 22.4 Å². The van der Waals surface area contributed by atoms with Gasteiger partial charge in [-0.2, -0.15) is 0 Å². The average Bonchev–Trinajstić information content (AvgIpc) is 2.91. The molecule has 1 aliphatic rings. The summed E-state index contributed by atoms with van der Waals surface area (Å²) in [5, 5.41) is 5.66. The van der Waals surface area contributed by atoms with Gasteiger partial charge in [0.2, 0.25) is 0 Å². The molecule has 3 heteroatoms. The third-order valence-electron chi connectivity index (χ3n) is 3.74. The molecule has 0 amide bonds. The number of likely N-dealkylation sites (N-methyl/N-ethyl adjacent to an activating group) is 1. The smallest absolute Gasteiger partial charge is 0.0594 e. The van der Waals surface area contributed by atoms with Crippen molar-refractivity contribution in [2.45, 2.75) is 38.3 Å². The molecule has 2 rings (SSSR count). The zero-order chi connectivity index (χ0) is 11.6. The normalized spacial score (nSPS) is 20.2. The quantitative estimate of drug-likeness (QED) is 0.867. The van der Waals surface area contributed by atoms with Crippen molar-refractivity contribution in [3.8, 4) is 0 Å². The van der Waals surface area contributed by atoms with Crippen molar-refractivity contribution in [3.63, 3.8) is 0 Å². The summed E-state index contributed by atoms with van der Waals surface area (Å²) in [7, 11) is 2.07. The van der Waals surface area contributed by atoms with E-state index in [0.717, 1.165) is 0 Å². The maximum Gasteiger partial charge on any atom is 0.0594 e. The minimum absolute atomic E-state index is 0.204. The lowest BCUT2D eigenvalue weighted by Crippen LogP contribution is -2.50. The van der Waals surface area contributed by atoms with Crippen LogP contribution in [0.2, 0.25) is 0 Å². The first-order chi connectivity index (χ1) is 7.66. The van der Waals surface area contributed by atoms with E-state index in [4.69, 9.17) is 0 Å². The van der Waals surface area contributed by atoms with E-state index in [1.54, 1.807) is 0 Å². The Kier molecular flexibility index (Phi) is 3.67. The molecule has 90 valence electrons. The van der Waals surface area contributed by atoms with E-state index in [-0.39, 0.29) is 5.54 Å². The minimum atomic E-state index is 0.204. The summed E-state index contributed by atoms with van der Waals surface area (Å²) in [6, 6.07) is 4.82. The standard InChI is InChI=1S/C13H22N2S/c1-13(2,15-8-4-5-9-15)12(14-3)11-7-6-10-16-11/h6-7,10,12,14H,4-5,8-9H2,1-3H3. The molecule has 2 heterocycles. The number of likely N-dealkylation sites (tertiary alicyclic amines) is 1. The number of hydrogen-bond acceptors (Lipinski definition) is 3. The molecule has 1 aliphatic heterocycles. The zero-order valence-electron chi connectivity index (χ0n) is 10.5. The number of nitrogens with zero attached hydrogens (tertiary/aromatic N) is 1. The van der Waals surface area contributed by atoms with Gasteiger partial charge < -0.3 is 5.32 Å². The molecule has 2 nitrogen and oxygen atoms in total. The summed E-state index contributed by atoms with van der Waals surface area (Å²) in [6.07, 6.45) is 2.70. The van der Waals surface area contributed by atoms with E-state index in [1.165, 1.54) is 30.8 Å². The molecule has 0 radical (unpaired) electrons. The van der Waals surface area contributed by atoms with Crippen LogP contribution in [0.4, 0.5) is 0 Å². The van der Waals surface area contributed by atoms with Crippen molar-refractivity contribution in [1.82, 2.24) is 10.2 Å². The topological polar surface area (TPSA) is 15.3 Å². The monoisotopic (exact) mass is 238 g/mol. The van der Waals surface area contributed by atoms with Crippen molar-refractivity contribution < 1.29 is 0 Å². The molecule has 1 aromatic heterocycles. The molecule has 16 heavy (non-hydrogen) atoms. The fraction of sp³-hybridized carbons (Fsp3) is 0.692. The summed E-state index contributed by atoms with van der Waals surface area (Å²) < 4.78 is 0. The van der Waals surface area contributed by atoms with Gasteiger partial charge in [-0.05, 0) is 58.3 Å². The van der Waals surface area contributed by atoms with Crippen LogP contribution in [0.1, 0.15) is 37.6 Å². The lowest BCUT2D eigenvalue weighted by molar-refractivity contribution is 0.112. The number of nitrogens with one attached hydrogen (secondary N) is 1. The Hall–Kier alpha value is -0.380.